The highest BCUT2D eigenvalue weighted by Crippen LogP contribution is 2.22. The van der Waals surface area contributed by atoms with Gasteiger partial charge in [-0.3, -0.25) is 5.32 Å². The minimum atomic E-state index is -1.12. The number of rotatable bonds is 5. The number of anilines is 1. The van der Waals surface area contributed by atoms with E-state index < -0.39 is 17.9 Å². The fourth-order valence-corrected chi connectivity index (χ4v) is 1.71. The summed E-state index contributed by atoms with van der Waals surface area (Å²) in [6.45, 7) is 10.3. The molecule has 0 aliphatic heterocycles. The predicted octanol–water partition coefficient (Wildman–Crippen LogP) is 3.27. The average molecular weight is 294 g/mol. The predicted molar refractivity (Wildman–Crippen MR) is 84.1 cm³/mol. The summed E-state index contributed by atoms with van der Waals surface area (Å²) in [7, 11) is 0. The molecule has 0 saturated carbocycles. The highest BCUT2D eigenvalue weighted by Gasteiger charge is 2.20. The number of carbonyl (C=O) groups excluding carboxylic acids is 1. The van der Waals surface area contributed by atoms with E-state index in [1.165, 1.54) is 0 Å². The Morgan fingerprint density at radius 2 is 1.90 bits per heavy atom. The van der Waals surface area contributed by atoms with Gasteiger partial charge in [0.1, 0.15) is 5.60 Å². The third kappa shape index (κ3) is 6.49. The second kappa shape index (κ2) is 7.31. The number of benzene rings is 1. The first-order valence-corrected chi connectivity index (χ1v) is 7.19. The molecule has 0 spiro atoms. The Labute approximate surface area is 126 Å². The van der Waals surface area contributed by atoms with E-state index in [4.69, 9.17) is 4.74 Å². The van der Waals surface area contributed by atoms with Gasteiger partial charge in [-0.05, 0) is 32.8 Å². The van der Waals surface area contributed by atoms with Crippen molar-refractivity contribution in [2.75, 3.05) is 11.9 Å². The lowest BCUT2D eigenvalue weighted by molar-refractivity contribution is 0.0356. The molecule has 1 atom stereocenters. The number of para-hydroxylation sites is 1. The summed E-state index contributed by atoms with van der Waals surface area (Å²) in [5.74, 6) is 0.481. The number of nitrogens with one attached hydrogen (secondary N) is 2. The van der Waals surface area contributed by atoms with E-state index in [1.807, 2.05) is 18.2 Å². The van der Waals surface area contributed by atoms with Crippen molar-refractivity contribution in [1.29, 1.82) is 0 Å². The Morgan fingerprint density at radius 3 is 2.48 bits per heavy atom. The summed E-state index contributed by atoms with van der Waals surface area (Å²) in [5.41, 5.74) is 0.818. The van der Waals surface area contributed by atoms with E-state index in [0.717, 1.165) is 12.2 Å². The topological polar surface area (TPSA) is 70.6 Å². The Bertz CT molecular complexity index is 467. The molecule has 0 saturated heterocycles. The molecule has 3 N–H and O–H groups in total. The van der Waals surface area contributed by atoms with E-state index >= 15 is 0 Å². The lowest BCUT2D eigenvalue weighted by atomic mass is 10.1. The van der Waals surface area contributed by atoms with Gasteiger partial charge in [-0.2, -0.15) is 0 Å². The van der Waals surface area contributed by atoms with Crippen molar-refractivity contribution in [1.82, 2.24) is 5.32 Å². The Kier molecular flexibility index (Phi) is 6.03. The maximum Gasteiger partial charge on any atom is 0.409 e. The Balaban J connectivity index is 2.73. The van der Waals surface area contributed by atoms with Crippen LogP contribution in [0.2, 0.25) is 0 Å². The van der Waals surface area contributed by atoms with Gasteiger partial charge in [-0.15, -0.1) is 0 Å². The van der Waals surface area contributed by atoms with Crippen molar-refractivity contribution < 1.29 is 14.6 Å². The number of hydrogen-bond acceptors (Lipinski definition) is 4. The van der Waals surface area contributed by atoms with Gasteiger partial charge in [-0.1, -0.05) is 32.0 Å². The van der Waals surface area contributed by atoms with Gasteiger partial charge >= 0.3 is 6.09 Å². The van der Waals surface area contributed by atoms with Crippen molar-refractivity contribution in [3.63, 3.8) is 0 Å². The van der Waals surface area contributed by atoms with Crippen molar-refractivity contribution in [2.45, 2.75) is 46.4 Å². The third-order valence-electron chi connectivity index (χ3n) is 2.61. The molecule has 5 heteroatoms. The lowest BCUT2D eigenvalue weighted by Crippen LogP contribution is -2.35. The highest BCUT2D eigenvalue weighted by atomic mass is 16.6. The van der Waals surface area contributed by atoms with Gasteiger partial charge in [0.25, 0.3) is 0 Å². The molecule has 0 radical (unpaired) electrons. The monoisotopic (exact) mass is 294 g/mol. The van der Waals surface area contributed by atoms with Gasteiger partial charge in [0, 0.05) is 17.8 Å². The molecule has 21 heavy (non-hydrogen) atoms. The summed E-state index contributed by atoms with van der Waals surface area (Å²) in [6, 6.07) is 7.34. The highest BCUT2D eigenvalue weighted by molar-refractivity contribution is 5.68. The normalized spacial score (nSPS) is 12.9. The SMILES string of the molecule is CC(C)CNc1ccccc1C(O)NC(=O)OC(C)(C)C. The number of aliphatic hydroxyl groups excluding tert-OH is 1. The average Bonchev–Trinajstić information content (AvgIpc) is 2.34. The molecule has 1 aromatic carbocycles. The Morgan fingerprint density at radius 1 is 1.29 bits per heavy atom. The Hall–Kier alpha value is -1.75. The molecule has 0 aliphatic rings. The van der Waals surface area contributed by atoms with Crippen LogP contribution in [0, 0.1) is 5.92 Å². The molecule has 1 rings (SSSR count). The van der Waals surface area contributed by atoms with Crippen LogP contribution in [0.15, 0.2) is 24.3 Å². The summed E-state index contributed by atoms with van der Waals surface area (Å²) < 4.78 is 5.14. The lowest BCUT2D eigenvalue weighted by Gasteiger charge is -2.23. The first kappa shape index (κ1) is 17.3. The van der Waals surface area contributed by atoms with E-state index in [9.17, 15) is 9.90 Å². The summed E-state index contributed by atoms with van der Waals surface area (Å²) in [4.78, 5) is 11.7. The first-order chi connectivity index (χ1) is 9.69. The molecule has 5 nitrogen and oxygen atoms in total. The third-order valence-corrected chi connectivity index (χ3v) is 2.61. The molecular weight excluding hydrogens is 268 g/mol. The molecule has 0 aromatic heterocycles. The van der Waals surface area contributed by atoms with Crippen molar-refractivity contribution in [3.05, 3.63) is 29.8 Å². The van der Waals surface area contributed by atoms with Crippen LogP contribution >= 0.6 is 0 Å². The van der Waals surface area contributed by atoms with E-state index in [0.29, 0.717) is 11.5 Å². The fourth-order valence-electron chi connectivity index (χ4n) is 1.71. The van der Waals surface area contributed by atoms with E-state index in [1.54, 1.807) is 26.8 Å². The number of ether oxygens (including phenoxy) is 1. The number of carbonyl (C=O) groups is 1. The minimum Gasteiger partial charge on any atom is -0.444 e. The van der Waals surface area contributed by atoms with Gasteiger partial charge < -0.3 is 15.2 Å². The molecule has 0 aliphatic carbocycles. The van der Waals surface area contributed by atoms with E-state index in [-0.39, 0.29) is 0 Å². The van der Waals surface area contributed by atoms with Crippen LogP contribution in [0.1, 0.15) is 46.4 Å². The molecule has 1 unspecified atom stereocenters. The van der Waals surface area contributed by atoms with Gasteiger partial charge in [0.05, 0.1) is 0 Å². The quantitative estimate of drug-likeness (QED) is 0.729. The molecule has 118 valence electrons. The van der Waals surface area contributed by atoms with Crippen molar-refractivity contribution in [3.8, 4) is 0 Å². The standard InChI is InChI=1S/C16H26N2O3/c1-11(2)10-17-13-9-7-6-8-12(13)14(19)18-15(20)21-16(3,4)5/h6-9,11,14,17,19H,10H2,1-5H3,(H,18,20). The van der Waals surface area contributed by atoms with Gasteiger partial charge in [0.2, 0.25) is 0 Å². The molecule has 1 amide bonds. The fraction of sp³-hybridized carbons (Fsp3) is 0.562. The van der Waals surface area contributed by atoms with Crippen LogP contribution in [-0.2, 0) is 4.74 Å². The van der Waals surface area contributed by atoms with Gasteiger partial charge in [-0.25, -0.2) is 4.79 Å². The molecular formula is C16H26N2O3. The molecule has 0 fully saturated rings. The zero-order chi connectivity index (χ0) is 16.0. The summed E-state index contributed by atoms with van der Waals surface area (Å²) >= 11 is 0. The zero-order valence-corrected chi connectivity index (χ0v) is 13.4. The van der Waals surface area contributed by atoms with Crippen molar-refractivity contribution in [2.24, 2.45) is 5.92 Å². The minimum absolute atomic E-state index is 0.481. The van der Waals surface area contributed by atoms with Gasteiger partial charge in [0.15, 0.2) is 6.23 Å². The number of aliphatic hydroxyl groups is 1. The molecule has 1 aromatic rings. The first-order valence-electron chi connectivity index (χ1n) is 7.19. The number of amides is 1. The molecule has 0 heterocycles. The van der Waals surface area contributed by atoms with Crippen LogP contribution < -0.4 is 10.6 Å². The van der Waals surface area contributed by atoms with Crippen LogP contribution in [0.5, 0.6) is 0 Å². The van der Waals surface area contributed by atoms with Crippen LogP contribution in [0.25, 0.3) is 0 Å². The largest absolute Gasteiger partial charge is 0.444 e. The number of hydrogen-bond donors (Lipinski definition) is 3. The maximum atomic E-state index is 11.7. The second-order valence-electron chi connectivity index (χ2n) is 6.41. The maximum absolute atomic E-state index is 11.7. The summed E-state index contributed by atoms with van der Waals surface area (Å²) in [6.07, 6.45) is -1.76. The molecule has 0 bridgehead atoms. The second-order valence-corrected chi connectivity index (χ2v) is 6.41. The number of alkyl carbamates (subject to hydrolysis) is 1. The van der Waals surface area contributed by atoms with Crippen LogP contribution in [-0.4, -0.2) is 23.3 Å². The van der Waals surface area contributed by atoms with Crippen molar-refractivity contribution >= 4 is 11.8 Å². The summed E-state index contributed by atoms with van der Waals surface area (Å²) in [5, 5.41) is 15.9. The smallest absolute Gasteiger partial charge is 0.409 e. The zero-order valence-electron chi connectivity index (χ0n) is 13.4. The van der Waals surface area contributed by atoms with Crippen LogP contribution in [0.4, 0.5) is 10.5 Å². The van der Waals surface area contributed by atoms with Crippen LogP contribution in [0.3, 0.4) is 0 Å². The van der Waals surface area contributed by atoms with E-state index in [2.05, 4.69) is 24.5 Å².